The van der Waals surface area contributed by atoms with Crippen LogP contribution in [-0.4, -0.2) is 204 Å². The Bertz CT molecular complexity index is 2870. The number of carbonyl (C=O) groups excluding carboxylic acids is 2. The molecule has 2 radical (unpaired) electrons. The van der Waals surface area contributed by atoms with Gasteiger partial charge in [-0.2, -0.15) is 0 Å². The first-order chi connectivity index (χ1) is 49.2. The van der Waals surface area contributed by atoms with Crippen molar-refractivity contribution in [1.29, 1.82) is 0 Å². The Morgan fingerprint density at radius 3 is 0.474 bits per heavy atom. The molecular formula is C68H90Co4Gd2N18O22+2. The third-order valence-electron chi connectivity index (χ3n) is 14.6. The summed E-state index contributed by atoms with van der Waals surface area (Å²) >= 11 is 0. The van der Waals surface area contributed by atoms with Crippen molar-refractivity contribution in [3.05, 3.63) is 273 Å². The van der Waals surface area contributed by atoms with Gasteiger partial charge in [0.2, 0.25) is 0 Å². The van der Waals surface area contributed by atoms with Crippen LogP contribution in [0.5, 0.6) is 0 Å². The topological polar surface area (TPSA) is 762 Å². The number of hydrogen-bond acceptors (Lipinski definition) is 30. The summed E-state index contributed by atoms with van der Waals surface area (Å²) in [5, 5.41) is 149. The maximum Gasteiger partial charge on any atom is 3.00 e. The van der Waals surface area contributed by atoms with Crippen molar-refractivity contribution >= 4 is 11.9 Å². The normalized spacial score (nSPS) is 9.70. The Balaban J connectivity index is -0.000000111. The summed E-state index contributed by atoms with van der Waals surface area (Å²) in [6, 6.07) is 43.7. The number of carboxylic acid groups (broad SMARTS) is 2. The fourth-order valence-corrected chi connectivity index (χ4v) is 8.72. The second-order valence-corrected chi connectivity index (χ2v) is 21.8. The molecule has 12 N–H and O–H groups in total. The van der Waals surface area contributed by atoms with Gasteiger partial charge in [-0.25, -0.2) is 0 Å². The zero-order valence-electron chi connectivity index (χ0n) is 61.3. The van der Waals surface area contributed by atoms with Crippen LogP contribution in [-0.2, 0) is 151 Å². The van der Waals surface area contributed by atoms with Gasteiger partial charge < -0.3 is 136 Å². The molecule has 46 heteroatoms. The van der Waals surface area contributed by atoms with Crippen molar-refractivity contribution in [3.63, 3.8) is 0 Å². The van der Waals surface area contributed by atoms with Crippen LogP contribution in [0.1, 0.15) is 59.4 Å². The molecule has 40 nitrogen and oxygen atoms in total. The number of aliphatic hydroxyl groups excluding tert-OH is 4. The number of carboxylic acids is 2. The Morgan fingerprint density at radius 1 is 0.316 bits per heavy atom. The average molecular weight is 2060 g/mol. The SMILES string of the molecule is CC(=O)[O-].CC(=O)[O-].[Co+3].[Co+3].[Co+3].[Co+3].[Gd+3].[Gd+3].[N-]=[N+]=[N-].[N-]=[N+]=[N-].[O-2].[O-2].[O-]CC(C[O-])(CO)N(Cc1ccccn1)Cc1ccccn1.[O-]CC(C[O-])(CO)N(Cc1ccccn1)Cc1ccccn1.[O-]CC(C[O-])(CO)N(Cc1ccccn1)Cc1ccccn1.[O-]CC(C[O-])(CO)N(Cc1ccccn1)Cc1ccccn1.[OH-].[OH-].[OH3+].[OH3+]. The van der Waals surface area contributed by atoms with Gasteiger partial charge in [0, 0.05) is 136 Å². The van der Waals surface area contributed by atoms with Crippen molar-refractivity contribution in [2.24, 2.45) is 0 Å². The molecule has 0 saturated heterocycles. The largest absolute Gasteiger partial charge is 3.00 e. The molecule has 8 aromatic rings. The van der Waals surface area contributed by atoms with E-state index in [1.165, 1.54) is 9.82 Å². The predicted octanol–water partition coefficient (Wildman–Crippen LogP) is -7.48. The number of aliphatic carboxylic acids is 2. The minimum atomic E-state index is -1.35. The molecule has 0 aliphatic carbocycles. The average Bonchev–Trinajstić information content (AvgIpc) is 0.842. The van der Waals surface area contributed by atoms with E-state index >= 15 is 0 Å². The van der Waals surface area contributed by atoms with E-state index in [1.54, 1.807) is 118 Å². The van der Waals surface area contributed by atoms with E-state index in [0.717, 1.165) is 59.4 Å². The van der Waals surface area contributed by atoms with Gasteiger partial charge in [0.1, 0.15) is 0 Å². The monoisotopic (exact) mass is 2060 g/mol. The zero-order valence-corrected chi connectivity index (χ0v) is 70.0. The minimum absolute atomic E-state index is 0. The molecule has 0 atom stereocenters. The van der Waals surface area contributed by atoms with Gasteiger partial charge >= 0.3 is 147 Å². The Morgan fingerprint density at radius 2 is 0.412 bits per heavy atom. The minimum Gasteiger partial charge on any atom is -2.00 e. The first-order valence-corrected chi connectivity index (χ1v) is 30.8. The van der Waals surface area contributed by atoms with Crippen LogP contribution in [0.4, 0.5) is 0 Å². The van der Waals surface area contributed by atoms with Crippen LogP contribution in [0, 0.1) is 79.9 Å². The number of rotatable bonds is 32. The molecule has 0 aliphatic rings. The summed E-state index contributed by atoms with van der Waals surface area (Å²) in [7, 11) is 0. The zero-order chi connectivity index (χ0) is 75.9. The smallest absolute Gasteiger partial charge is 2.00 e. The van der Waals surface area contributed by atoms with Gasteiger partial charge in [-0.05, 0) is 111 Å². The molecule has 0 fully saturated rings. The molecule has 634 valence electrons. The molecule has 0 saturated carbocycles. The van der Waals surface area contributed by atoms with Crippen molar-refractivity contribution in [2.75, 3.05) is 79.3 Å². The molecule has 0 unspecified atom stereocenters. The summed E-state index contributed by atoms with van der Waals surface area (Å²) in [5.41, 5.74) is 27.5. The van der Waals surface area contributed by atoms with Crippen molar-refractivity contribution in [1.82, 2.24) is 59.5 Å². The van der Waals surface area contributed by atoms with Crippen LogP contribution in [0.3, 0.4) is 0 Å². The fourth-order valence-electron chi connectivity index (χ4n) is 8.72. The Kier molecular flexibility index (Phi) is 96.1. The van der Waals surface area contributed by atoms with Crippen LogP contribution in [0.15, 0.2) is 195 Å². The van der Waals surface area contributed by atoms with E-state index in [1.807, 2.05) is 97.1 Å². The standard InChI is InChI=1S/4C16H19N3O3.2C2H4O2.4Co.2Gd.2N3.4H2O.2O/c4*20-11-16(12-21,13-22)19(9-14-5-1-3-7-17-14)10-15-6-2-4-8-18-15;2*1-2(3)4;;;;;;;2*1-3-2;;;;;;/h4*1-8,20H,9-13H2;2*1H3,(H,3,4);;;;;;;;;4*1H2;;/q4*-2;;;6*+3;2*-1;;;;;2*-2/p-2. The quantitative estimate of drug-likeness (QED) is 0.0132. The van der Waals surface area contributed by atoms with Gasteiger partial charge in [-0.3, -0.25) is 69.3 Å². The maximum absolute atomic E-state index is 11.6. The first kappa shape index (κ1) is 135. The Labute approximate surface area is 765 Å². The molecule has 8 heterocycles. The number of carbonyl (C=O) groups is 2. The molecular weight excluding hydrogens is 1970 g/mol. The molecule has 0 spiro atoms. The molecule has 0 aromatic carbocycles. The first-order valence-electron chi connectivity index (χ1n) is 30.8. The Hall–Kier alpha value is -5.44. The summed E-state index contributed by atoms with van der Waals surface area (Å²) in [4.78, 5) is 61.3. The van der Waals surface area contributed by atoms with Crippen LogP contribution >= 0.6 is 0 Å². The van der Waals surface area contributed by atoms with Crippen LogP contribution < -0.4 is 51.1 Å². The van der Waals surface area contributed by atoms with Crippen LogP contribution in [0.2, 0.25) is 0 Å². The number of aromatic nitrogens is 8. The number of nitrogens with zero attached hydrogens (tertiary/aromatic N) is 18. The molecule has 0 aliphatic heterocycles. The summed E-state index contributed by atoms with van der Waals surface area (Å²) in [5.74, 6) is -2.17. The van der Waals surface area contributed by atoms with Crippen molar-refractivity contribution in [3.8, 4) is 0 Å². The van der Waals surface area contributed by atoms with E-state index in [-0.39, 0.29) is 180 Å². The van der Waals surface area contributed by atoms with E-state index < -0.39 is 113 Å². The third-order valence-corrected chi connectivity index (χ3v) is 14.6. The van der Waals surface area contributed by atoms with Gasteiger partial charge in [-0.1, -0.05) is 48.5 Å². The van der Waals surface area contributed by atoms with E-state index in [0.29, 0.717) is 52.4 Å². The third kappa shape index (κ3) is 52.4. The van der Waals surface area contributed by atoms with Gasteiger partial charge in [0.15, 0.2) is 0 Å². The number of hydrogen-bond donors (Lipinski definition) is 4. The van der Waals surface area contributed by atoms with Gasteiger partial charge in [0.05, 0.1) is 72.0 Å². The van der Waals surface area contributed by atoms with E-state index in [4.69, 9.17) is 41.9 Å². The molecule has 0 amide bonds. The molecule has 0 bridgehead atoms. The summed E-state index contributed by atoms with van der Waals surface area (Å²) in [6.07, 6.45) is 13.2. The van der Waals surface area contributed by atoms with E-state index in [2.05, 4.69) is 39.9 Å². The summed E-state index contributed by atoms with van der Waals surface area (Å²) in [6.45, 7) is -2.93. The maximum atomic E-state index is 11.6. The van der Waals surface area contributed by atoms with Crippen molar-refractivity contribution < 1.29 is 261 Å². The van der Waals surface area contributed by atoms with Crippen LogP contribution in [0.25, 0.3) is 31.9 Å². The predicted molar refractivity (Wildman–Crippen MR) is 366 cm³/mol. The van der Waals surface area contributed by atoms with Gasteiger partial charge in [-0.15, -0.1) is 52.9 Å². The second-order valence-electron chi connectivity index (χ2n) is 21.8. The number of aliphatic hydroxyl groups is 4. The molecule has 8 aromatic heterocycles. The number of pyridine rings is 8. The van der Waals surface area contributed by atoms with Gasteiger partial charge in [0.25, 0.3) is 0 Å². The summed E-state index contributed by atoms with van der Waals surface area (Å²) < 4.78 is 0. The molecule has 114 heavy (non-hydrogen) atoms. The fraction of sp³-hybridized carbons (Fsp3) is 0.382. The van der Waals surface area contributed by atoms with Crippen molar-refractivity contribution in [2.45, 2.75) is 88.4 Å². The molecule has 8 rings (SSSR count). The van der Waals surface area contributed by atoms with E-state index in [9.17, 15) is 61.3 Å². The second kappa shape index (κ2) is 81.3.